The third-order valence-electron chi connectivity index (χ3n) is 5.12. The van der Waals surface area contributed by atoms with Crippen molar-refractivity contribution in [2.24, 2.45) is 0 Å². The van der Waals surface area contributed by atoms with E-state index in [1.807, 2.05) is 48.9 Å². The topological polar surface area (TPSA) is 54.8 Å². The van der Waals surface area contributed by atoms with E-state index in [1.54, 1.807) is 0 Å². The molecule has 3 aromatic rings. The van der Waals surface area contributed by atoms with Gasteiger partial charge in [0.15, 0.2) is 5.82 Å². The first-order valence-electron chi connectivity index (χ1n) is 9.28. The Morgan fingerprint density at radius 1 is 0.962 bits per heavy atom. The second-order valence-electron chi connectivity index (χ2n) is 7.22. The zero-order valence-corrected chi connectivity index (χ0v) is 14.7. The lowest BCUT2D eigenvalue weighted by Crippen LogP contribution is -2.31. The fourth-order valence-electron chi connectivity index (χ4n) is 3.49. The predicted molar refractivity (Wildman–Crippen MR) is 99.3 cm³/mol. The van der Waals surface area contributed by atoms with Gasteiger partial charge < -0.3 is 0 Å². The maximum absolute atomic E-state index is 4.80. The lowest BCUT2D eigenvalue weighted by Gasteiger charge is -2.27. The van der Waals surface area contributed by atoms with Gasteiger partial charge in [-0.2, -0.15) is 0 Å². The summed E-state index contributed by atoms with van der Waals surface area (Å²) < 4.78 is 0. The van der Waals surface area contributed by atoms with E-state index in [0.29, 0.717) is 5.92 Å². The lowest BCUT2D eigenvalue weighted by atomic mass is 10.1. The molecule has 130 valence electrons. The molecule has 2 aromatic heterocycles. The van der Waals surface area contributed by atoms with Gasteiger partial charge >= 0.3 is 0 Å². The molecule has 1 aliphatic carbocycles. The molecule has 1 aromatic carbocycles. The van der Waals surface area contributed by atoms with Crippen LogP contribution >= 0.6 is 0 Å². The molecule has 0 atom stereocenters. The summed E-state index contributed by atoms with van der Waals surface area (Å²) in [7, 11) is 0. The van der Waals surface area contributed by atoms with Gasteiger partial charge in [0.05, 0.1) is 0 Å². The smallest absolute Gasteiger partial charge is 0.159 e. The molecular weight excluding hydrogens is 322 g/mol. The molecule has 0 amide bonds. The van der Waals surface area contributed by atoms with Crippen molar-refractivity contribution in [1.29, 1.82) is 0 Å². The van der Waals surface area contributed by atoms with Crippen LogP contribution in [0.1, 0.15) is 41.4 Å². The van der Waals surface area contributed by atoms with Gasteiger partial charge in [-0.1, -0.05) is 30.3 Å². The molecule has 26 heavy (non-hydrogen) atoms. The average Bonchev–Trinajstić information content (AvgIpc) is 3.54. The summed E-state index contributed by atoms with van der Waals surface area (Å²) in [5.41, 5.74) is 4.70. The molecule has 0 spiro atoms. The van der Waals surface area contributed by atoms with Crippen LogP contribution in [0.25, 0.3) is 11.4 Å². The minimum Gasteiger partial charge on any atom is -0.294 e. The SMILES string of the molecule is c1ccc(-c2ncc(CN3CCc4nc(C5CC5)ncc4C3)cn2)cc1. The minimum atomic E-state index is 0.624. The number of fused-ring (bicyclic) bond motifs is 1. The average molecular weight is 343 g/mol. The maximum Gasteiger partial charge on any atom is 0.159 e. The normalized spacial score (nSPS) is 17.1. The Bertz CT molecular complexity index is 903. The molecule has 1 aliphatic heterocycles. The zero-order chi connectivity index (χ0) is 17.3. The number of nitrogens with zero attached hydrogens (tertiary/aromatic N) is 5. The number of rotatable bonds is 4. The molecule has 0 bridgehead atoms. The van der Waals surface area contributed by atoms with Gasteiger partial charge in [0.1, 0.15) is 5.82 Å². The fraction of sp³-hybridized carbons (Fsp3) is 0.333. The van der Waals surface area contributed by atoms with Crippen LogP contribution in [-0.4, -0.2) is 31.4 Å². The Morgan fingerprint density at radius 3 is 2.54 bits per heavy atom. The third kappa shape index (κ3) is 3.22. The molecule has 0 radical (unpaired) electrons. The third-order valence-corrected chi connectivity index (χ3v) is 5.12. The molecule has 5 nitrogen and oxygen atoms in total. The van der Waals surface area contributed by atoms with Gasteiger partial charge in [0, 0.05) is 72.9 Å². The van der Waals surface area contributed by atoms with Crippen molar-refractivity contribution in [3.63, 3.8) is 0 Å². The molecule has 2 aliphatic rings. The van der Waals surface area contributed by atoms with E-state index in [0.717, 1.165) is 48.8 Å². The van der Waals surface area contributed by atoms with Gasteiger partial charge in [0.2, 0.25) is 0 Å². The molecule has 3 heterocycles. The van der Waals surface area contributed by atoms with E-state index in [9.17, 15) is 0 Å². The Hall–Kier alpha value is -2.66. The lowest BCUT2D eigenvalue weighted by molar-refractivity contribution is 0.242. The van der Waals surface area contributed by atoms with Crippen molar-refractivity contribution >= 4 is 0 Å². The molecule has 0 saturated heterocycles. The van der Waals surface area contributed by atoms with Gasteiger partial charge in [-0.05, 0) is 12.8 Å². The quantitative estimate of drug-likeness (QED) is 0.727. The highest BCUT2D eigenvalue weighted by Gasteiger charge is 2.28. The first-order valence-corrected chi connectivity index (χ1v) is 9.28. The molecule has 1 saturated carbocycles. The molecular formula is C21H21N5. The first-order chi connectivity index (χ1) is 12.8. The van der Waals surface area contributed by atoms with E-state index in [4.69, 9.17) is 4.98 Å². The Kier molecular flexibility index (Phi) is 3.94. The summed E-state index contributed by atoms with van der Waals surface area (Å²) in [4.78, 5) is 20.9. The molecule has 5 heteroatoms. The van der Waals surface area contributed by atoms with Crippen molar-refractivity contribution in [2.75, 3.05) is 6.54 Å². The number of hydrogen-bond acceptors (Lipinski definition) is 5. The zero-order valence-electron chi connectivity index (χ0n) is 14.7. The second kappa shape index (κ2) is 6.57. The van der Waals surface area contributed by atoms with Crippen molar-refractivity contribution in [2.45, 2.75) is 38.3 Å². The predicted octanol–water partition coefficient (Wildman–Crippen LogP) is 3.37. The highest BCUT2D eigenvalue weighted by atomic mass is 15.1. The van der Waals surface area contributed by atoms with E-state index in [2.05, 4.69) is 19.9 Å². The monoisotopic (exact) mass is 343 g/mol. The molecule has 1 fully saturated rings. The first kappa shape index (κ1) is 15.6. The van der Waals surface area contributed by atoms with E-state index >= 15 is 0 Å². The minimum absolute atomic E-state index is 0.624. The highest BCUT2D eigenvalue weighted by Crippen LogP contribution is 2.38. The number of aromatic nitrogens is 4. The molecule has 0 unspecified atom stereocenters. The van der Waals surface area contributed by atoms with Crippen LogP contribution < -0.4 is 0 Å². The van der Waals surface area contributed by atoms with Crippen LogP contribution in [0, 0.1) is 0 Å². The Morgan fingerprint density at radius 2 is 1.77 bits per heavy atom. The van der Waals surface area contributed by atoms with Crippen molar-refractivity contribution in [1.82, 2.24) is 24.8 Å². The van der Waals surface area contributed by atoms with Crippen LogP contribution in [0.2, 0.25) is 0 Å². The Balaban J connectivity index is 1.27. The van der Waals surface area contributed by atoms with Crippen LogP contribution in [-0.2, 0) is 19.5 Å². The second-order valence-corrected chi connectivity index (χ2v) is 7.22. The van der Waals surface area contributed by atoms with Crippen LogP contribution in [0.15, 0.2) is 48.9 Å². The van der Waals surface area contributed by atoms with E-state index in [1.165, 1.54) is 24.1 Å². The van der Waals surface area contributed by atoms with Crippen LogP contribution in [0.4, 0.5) is 0 Å². The highest BCUT2D eigenvalue weighted by molar-refractivity contribution is 5.53. The summed E-state index contributed by atoms with van der Waals surface area (Å²) in [5, 5.41) is 0. The summed E-state index contributed by atoms with van der Waals surface area (Å²) >= 11 is 0. The molecule has 5 rings (SSSR count). The summed E-state index contributed by atoms with van der Waals surface area (Å²) in [5.74, 6) is 2.46. The summed E-state index contributed by atoms with van der Waals surface area (Å²) in [6, 6.07) is 10.1. The summed E-state index contributed by atoms with van der Waals surface area (Å²) in [6.07, 6.45) is 9.43. The van der Waals surface area contributed by atoms with Gasteiger partial charge in [-0.3, -0.25) is 4.90 Å². The van der Waals surface area contributed by atoms with Crippen LogP contribution in [0.5, 0.6) is 0 Å². The van der Waals surface area contributed by atoms with Crippen molar-refractivity contribution in [3.05, 3.63) is 71.6 Å². The van der Waals surface area contributed by atoms with Gasteiger partial charge in [0.25, 0.3) is 0 Å². The Labute approximate surface area is 153 Å². The molecule has 0 N–H and O–H groups in total. The standard InChI is InChI=1S/C21H21N5/c1-2-4-16(5-3-1)20-22-10-15(11-23-20)13-26-9-8-19-18(14-26)12-24-21(25-19)17-6-7-17/h1-5,10-12,17H,6-9,13-14H2. The van der Waals surface area contributed by atoms with Crippen molar-refractivity contribution < 1.29 is 0 Å². The largest absolute Gasteiger partial charge is 0.294 e. The van der Waals surface area contributed by atoms with E-state index in [-0.39, 0.29) is 0 Å². The fourth-order valence-corrected chi connectivity index (χ4v) is 3.49. The number of benzene rings is 1. The van der Waals surface area contributed by atoms with Crippen LogP contribution in [0.3, 0.4) is 0 Å². The summed E-state index contributed by atoms with van der Waals surface area (Å²) in [6.45, 7) is 2.79. The van der Waals surface area contributed by atoms with Gasteiger partial charge in [-0.25, -0.2) is 19.9 Å². The van der Waals surface area contributed by atoms with Crippen molar-refractivity contribution in [3.8, 4) is 11.4 Å². The van der Waals surface area contributed by atoms with Gasteiger partial charge in [-0.15, -0.1) is 0 Å². The van der Waals surface area contributed by atoms with E-state index < -0.39 is 0 Å². The number of hydrogen-bond donors (Lipinski definition) is 0. The maximum atomic E-state index is 4.80.